The van der Waals surface area contributed by atoms with Crippen LogP contribution in [0.3, 0.4) is 0 Å². The number of piperidine rings is 3. The Morgan fingerprint density at radius 3 is 2.56 bits per heavy atom. The van der Waals surface area contributed by atoms with Crippen LogP contribution >= 0.6 is 0 Å². The zero-order valence-electron chi connectivity index (χ0n) is 11.6. The number of rotatable bonds is 2. The molecule has 0 amide bonds. The number of likely N-dealkylation sites (tertiary alicyclic amines) is 1. The van der Waals surface area contributed by atoms with E-state index < -0.39 is 0 Å². The fourth-order valence-corrected chi connectivity index (χ4v) is 5.28. The van der Waals surface area contributed by atoms with Crippen molar-refractivity contribution in [3.8, 4) is 0 Å². The van der Waals surface area contributed by atoms with E-state index in [1.54, 1.807) is 0 Å². The lowest BCUT2D eigenvalue weighted by atomic mass is 9.82. The van der Waals surface area contributed by atoms with Crippen molar-refractivity contribution in [2.24, 2.45) is 17.8 Å². The van der Waals surface area contributed by atoms with Gasteiger partial charge in [-0.25, -0.2) is 0 Å². The van der Waals surface area contributed by atoms with Crippen LogP contribution in [0.15, 0.2) is 0 Å². The van der Waals surface area contributed by atoms with Gasteiger partial charge >= 0.3 is 0 Å². The molecule has 102 valence electrons. The van der Waals surface area contributed by atoms with Gasteiger partial charge in [0.15, 0.2) is 0 Å². The van der Waals surface area contributed by atoms with E-state index in [4.69, 9.17) is 0 Å². The molecule has 5 aliphatic heterocycles. The van der Waals surface area contributed by atoms with Gasteiger partial charge < -0.3 is 10.2 Å². The van der Waals surface area contributed by atoms with Crippen LogP contribution in [0.1, 0.15) is 26.2 Å². The van der Waals surface area contributed by atoms with Gasteiger partial charge in [-0.05, 0) is 63.2 Å². The Balaban J connectivity index is 1.54. The molecule has 0 aromatic rings. The lowest BCUT2D eigenvalue weighted by Crippen LogP contribution is -2.59. The summed E-state index contributed by atoms with van der Waals surface area (Å²) in [6.07, 6.45) is 4.28. The van der Waals surface area contributed by atoms with Crippen molar-refractivity contribution in [1.29, 1.82) is 0 Å². The fraction of sp³-hybridized carbons (Fsp3) is 1.00. The molecule has 3 heteroatoms. The van der Waals surface area contributed by atoms with Crippen molar-refractivity contribution < 1.29 is 0 Å². The van der Waals surface area contributed by atoms with Crippen LogP contribution in [0, 0.1) is 17.8 Å². The minimum atomic E-state index is 0.871. The monoisotopic (exact) mass is 249 g/mol. The van der Waals surface area contributed by atoms with Crippen molar-refractivity contribution in [2.75, 3.05) is 39.3 Å². The molecule has 5 heterocycles. The van der Waals surface area contributed by atoms with E-state index in [-0.39, 0.29) is 0 Å². The molecule has 0 aromatic carbocycles. The highest BCUT2D eigenvalue weighted by Gasteiger charge is 2.48. The molecule has 0 aliphatic carbocycles. The van der Waals surface area contributed by atoms with Gasteiger partial charge in [-0.1, -0.05) is 6.92 Å². The molecule has 2 bridgehead atoms. The summed E-state index contributed by atoms with van der Waals surface area (Å²) in [5.41, 5.74) is 0. The summed E-state index contributed by atoms with van der Waals surface area (Å²) in [5.74, 6) is 2.91. The third-order valence-corrected chi connectivity index (χ3v) is 6.22. The van der Waals surface area contributed by atoms with Crippen LogP contribution in [0.5, 0.6) is 0 Å². The Morgan fingerprint density at radius 2 is 1.89 bits per heavy atom. The van der Waals surface area contributed by atoms with Gasteiger partial charge in [-0.3, -0.25) is 4.90 Å². The van der Waals surface area contributed by atoms with Crippen molar-refractivity contribution in [3.63, 3.8) is 0 Å². The number of fused-ring (bicyclic) bond motifs is 4. The molecule has 5 fully saturated rings. The number of hydrogen-bond donors (Lipinski definition) is 1. The largest absolute Gasteiger partial charge is 0.316 e. The summed E-state index contributed by atoms with van der Waals surface area (Å²) in [6, 6.07) is 1.76. The fourth-order valence-electron chi connectivity index (χ4n) is 5.28. The minimum Gasteiger partial charge on any atom is -0.316 e. The van der Waals surface area contributed by atoms with E-state index in [0.29, 0.717) is 0 Å². The molecule has 5 aliphatic rings. The van der Waals surface area contributed by atoms with E-state index in [9.17, 15) is 0 Å². The van der Waals surface area contributed by atoms with Crippen LogP contribution in [-0.2, 0) is 0 Å². The SMILES string of the molecule is CCC1C2CNCC2CN1C1CN2CCC1CC2. The van der Waals surface area contributed by atoms with Crippen molar-refractivity contribution in [2.45, 2.75) is 38.3 Å². The first-order valence-corrected chi connectivity index (χ1v) is 8.05. The molecule has 0 aromatic heterocycles. The van der Waals surface area contributed by atoms with E-state index in [1.165, 1.54) is 58.5 Å². The Morgan fingerprint density at radius 1 is 1.06 bits per heavy atom. The summed E-state index contributed by atoms with van der Waals surface area (Å²) in [4.78, 5) is 5.65. The lowest BCUT2D eigenvalue weighted by molar-refractivity contribution is -0.00594. The highest BCUT2D eigenvalue weighted by Crippen LogP contribution is 2.40. The number of hydrogen-bond acceptors (Lipinski definition) is 3. The lowest BCUT2D eigenvalue weighted by Gasteiger charge is -2.50. The maximum atomic E-state index is 3.61. The smallest absolute Gasteiger partial charge is 0.0255 e. The maximum absolute atomic E-state index is 3.61. The standard InChI is InChI=1S/C15H27N3/c1-2-14-13-8-16-7-12(13)9-18(14)15-10-17-5-3-11(15)4-6-17/h11-16H,2-10H2,1H3. The molecule has 4 atom stereocenters. The van der Waals surface area contributed by atoms with Crippen molar-refractivity contribution in [3.05, 3.63) is 0 Å². The third-order valence-electron chi connectivity index (χ3n) is 6.22. The third kappa shape index (κ3) is 1.67. The average molecular weight is 249 g/mol. The van der Waals surface area contributed by atoms with Gasteiger partial charge in [0.1, 0.15) is 0 Å². The predicted molar refractivity (Wildman–Crippen MR) is 73.6 cm³/mol. The molecule has 4 unspecified atom stereocenters. The molecule has 0 spiro atoms. The van der Waals surface area contributed by atoms with Gasteiger partial charge in [0.05, 0.1) is 0 Å². The highest BCUT2D eigenvalue weighted by atomic mass is 15.3. The van der Waals surface area contributed by atoms with Crippen molar-refractivity contribution in [1.82, 2.24) is 15.1 Å². The molecular formula is C15H27N3. The molecule has 0 radical (unpaired) electrons. The zero-order valence-corrected chi connectivity index (χ0v) is 11.6. The Kier molecular flexibility index (Phi) is 2.90. The summed E-state index contributed by atoms with van der Waals surface area (Å²) in [6.45, 7) is 10.5. The second kappa shape index (κ2) is 4.46. The van der Waals surface area contributed by atoms with Crippen LogP contribution < -0.4 is 5.32 Å². The van der Waals surface area contributed by atoms with Crippen LogP contribution in [0.25, 0.3) is 0 Å². The molecule has 1 N–H and O–H groups in total. The average Bonchev–Trinajstić information content (AvgIpc) is 2.99. The van der Waals surface area contributed by atoms with Gasteiger partial charge in [-0.15, -0.1) is 0 Å². The van der Waals surface area contributed by atoms with Gasteiger partial charge in [0, 0.05) is 25.2 Å². The van der Waals surface area contributed by atoms with Gasteiger partial charge in [0.25, 0.3) is 0 Å². The zero-order chi connectivity index (χ0) is 12.1. The summed E-state index contributed by atoms with van der Waals surface area (Å²) < 4.78 is 0. The van der Waals surface area contributed by atoms with Gasteiger partial charge in [0.2, 0.25) is 0 Å². The molecule has 0 saturated carbocycles. The number of nitrogens with zero attached hydrogens (tertiary/aromatic N) is 2. The van der Waals surface area contributed by atoms with Crippen LogP contribution in [0.2, 0.25) is 0 Å². The Bertz CT molecular complexity index is 311. The molecule has 3 nitrogen and oxygen atoms in total. The quantitative estimate of drug-likeness (QED) is 0.788. The predicted octanol–water partition coefficient (Wildman–Crippen LogP) is 1.01. The molecule has 5 saturated heterocycles. The Labute approximate surface area is 111 Å². The number of nitrogens with one attached hydrogen (secondary N) is 1. The van der Waals surface area contributed by atoms with Crippen molar-refractivity contribution >= 4 is 0 Å². The first kappa shape index (κ1) is 11.7. The van der Waals surface area contributed by atoms with Crippen LogP contribution in [-0.4, -0.2) is 61.2 Å². The van der Waals surface area contributed by atoms with E-state index in [2.05, 4.69) is 22.0 Å². The van der Waals surface area contributed by atoms with E-state index >= 15 is 0 Å². The molecular weight excluding hydrogens is 222 g/mol. The van der Waals surface area contributed by atoms with E-state index in [1.807, 2.05) is 0 Å². The molecule has 18 heavy (non-hydrogen) atoms. The minimum absolute atomic E-state index is 0.871. The topological polar surface area (TPSA) is 18.5 Å². The second-order valence-corrected chi connectivity index (χ2v) is 6.96. The molecule has 5 rings (SSSR count). The first-order valence-electron chi connectivity index (χ1n) is 8.05. The first-order chi connectivity index (χ1) is 8.86. The summed E-state index contributed by atoms with van der Waals surface area (Å²) >= 11 is 0. The highest BCUT2D eigenvalue weighted by molar-refractivity contribution is 5.03. The van der Waals surface area contributed by atoms with E-state index in [0.717, 1.165) is 29.8 Å². The maximum Gasteiger partial charge on any atom is 0.0255 e. The normalized spacial score (nSPS) is 51.8. The van der Waals surface area contributed by atoms with Crippen LogP contribution in [0.4, 0.5) is 0 Å². The second-order valence-electron chi connectivity index (χ2n) is 6.96. The van der Waals surface area contributed by atoms with Gasteiger partial charge in [-0.2, -0.15) is 0 Å². The summed E-state index contributed by atoms with van der Waals surface area (Å²) in [5, 5.41) is 3.61. The Hall–Kier alpha value is -0.120. The summed E-state index contributed by atoms with van der Waals surface area (Å²) in [7, 11) is 0.